The third kappa shape index (κ3) is 4.43. The summed E-state index contributed by atoms with van der Waals surface area (Å²) in [6.07, 6.45) is 1.64. The van der Waals surface area contributed by atoms with E-state index in [2.05, 4.69) is 29.5 Å². The molecular formula is C11H16N4. The number of hydrogen-bond acceptors (Lipinski definition) is 4. The predicted octanol–water partition coefficient (Wildman–Crippen LogP) is 1.36. The molecule has 0 fully saturated rings. The average Bonchev–Trinajstić information content (AvgIpc) is 2.24. The summed E-state index contributed by atoms with van der Waals surface area (Å²) in [6.45, 7) is 5.97. The van der Waals surface area contributed by atoms with Crippen LogP contribution in [0.3, 0.4) is 0 Å². The van der Waals surface area contributed by atoms with E-state index in [9.17, 15) is 0 Å². The molecule has 0 aliphatic carbocycles. The highest BCUT2D eigenvalue weighted by Gasteiger charge is 1.95. The number of pyridine rings is 1. The number of hydrogen-bond donors (Lipinski definition) is 2. The van der Waals surface area contributed by atoms with Crippen LogP contribution < -0.4 is 10.6 Å². The summed E-state index contributed by atoms with van der Waals surface area (Å²) in [5.41, 5.74) is 1.38. The lowest BCUT2D eigenvalue weighted by Crippen LogP contribution is -2.28. The molecule has 4 nitrogen and oxygen atoms in total. The van der Waals surface area contributed by atoms with Gasteiger partial charge in [0.15, 0.2) is 0 Å². The Morgan fingerprint density at radius 3 is 2.93 bits per heavy atom. The van der Waals surface area contributed by atoms with Gasteiger partial charge in [-0.05, 0) is 12.1 Å². The Bertz CT molecular complexity index is 341. The zero-order valence-electron chi connectivity index (χ0n) is 9.12. The van der Waals surface area contributed by atoms with Gasteiger partial charge in [-0.2, -0.15) is 5.26 Å². The second kappa shape index (κ2) is 5.99. The van der Waals surface area contributed by atoms with Crippen molar-refractivity contribution >= 4 is 5.69 Å². The van der Waals surface area contributed by atoms with Crippen LogP contribution in [0.15, 0.2) is 18.3 Å². The summed E-state index contributed by atoms with van der Waals surface area (Å²) in [5, 5.41) is 15.2. The zero-order chi connectivity index (χ0) is 11.1. The van der Waals surface area contributed by atoms with Crippen molar-refractivity contribution in [3.63, 3.8) is 0 Å². The smallest absolute Gasteiger partial charge is 0.142 e. The second-order valence-corrected chi connectivity index (χ2v) is 3.58. The number of nitrogens with one attached hydrogen (secondary N) is 2. The van der Waals surface area contributed by atoms with Gasteiger partial charge in [0.05, 0.1) is 0 Å². The van der Waals surface area contributed by atoms with Gasteiger partial charge < -0.3 is 10.6 Å². The molecule has 0 radical (unpaired) electrons. The lowest BCUT2D eigenvalue weighted by Gasteiger charge is -2.09. The van der Waals surface area contributed by atoms with E-state index in [1.54, 1.807) is 12.3 Å². The fourth-order valence-electron chi connectivity index (χ4n) is 1.17. The first-order chi connectivity index (χ1) is 7.22. The number of rotatable bonds is 5. The molecule has 1 rings (SSSR count). The van der Waals surface area contributed by atoms with Gasteiger partial charge in [-0.3, -0.25) is 0 Å². The third-order valence-corrected chi connectivity index (χ3v) is 1.88. The monoisotopic (exact) mass is 204 g/mol. The molecule has 0 aliphatic rings. The molecule has 0 bridgehead atoms. The van der Waals surface area contributed by atoms with Crippen molar-refractivity contribution in [2.75, 3.05) is 18.4 Å². The van der Waals surface area contributed by atoms with Crippen LogP contribution in [0.2, 0.25) is 0 Å². The zero-order valence-corrected chi connectivity index (χ0v) is 9.12. The summed E-state index contributed by atoms with van der Waals surface area (Å²) >= 11 is 0. The minimum absolute atomic E-state index is 0.441. The Morgan fingerprint density at radius 1 is 1.47 bits per heavy atom. The van der Waals surface area contributed by atoms with Crippen LogP contribution in [-0.4, -0.2) is 24.1 Å². The Labute approximate surface area is 90.3 Å². The highest BCUT2D eigenvalue weighted by Crippen LogP contribution is 2.05. The summed E-state index contributed by atoms with van der Waals surface area (Å²) in [6, 6.07) is 6.11. The maximum absolute atomic E-state index is 8.65. The van der Waals surface area contributed by atoms with Gasteiger partial charge in [0.1, 0.15) is 11.8 Å². The van der Waals surface area contributed by atoms with Crippen molar-refractivity contribution in [2.45, 2.75) is 19.9 Å². The van der Waals surface area contributed by atoms with Crippen LogP contribution in [0, 0.1) is 11.3 Å². The molecule has 0 saturated carbocycles. The fourth-order valence-corrected chi connectivity index (χ4v) is 1.17. The van der Waals surface area contributed by atoms with Crippen LogP contribution in [0.5, 0.6) is 0 Å². The van der Waals surface area contributed by atoms with Crippen molar-refractivity contribution < 1.29 is 0 Å². The van der Waals surface area contributed by atoms with Crippen molar-refractivity contribution in [2.24, 2.45) is 0 Å². The molecule has 0 spiro atoms. The molecule has 0 amide bonds. The molecule has 1 aromatic rings. The first kappa shape index (κ1) is 11.5. The van der Waals surface area contributed by atoms with Crippen molar-refractivity contribution in [3.8, 4) is 6.07 Å². The Hall–Kier alpha value is -1.60. The standard InChI is InChI=1S/C11H16N4/c1-9(2)13-5-6-15-10-3-4-14-11(7-10)8-12/h3-4,7,9,13H,5-6H2,1-2H3,(H,14,15). The maximum Gasteiger partial charge on any atom is 0.142 e. The lowest BCUT2D eigenvalue weighted by molar-refractivity contribution is 0.602. The van der Waals surface area contributed by atoms with E-state index in [1.165, 1.54) is 0 Å². The normalized spacial score (nSPS) is 10.0. The van der Waals surface area contributed by atoms with Crippen molar-refractivity contribution in [3.05, 3.63) is 24.0 Å². The Morgan fingerprint density at radius 2 is 2.27 bits per heavy atom. The van der Waals surface area contributed by atoms with Crippen LogP contribution in [0.1, 0.15) is 19.5 Å². The minimum atomic E-state index is 0.441. The van der Waals surface area contributed by atoms with E-state index >= 15 is 0 Å². The van der Waals surface area contributed by atoms with Crippen LogP contribution in [0.4, 0.5) is 5.69 Å². The van der Waals surface area contributed by atoms with E-state index in [0.717, 1.165) is 18.8 Å². The third-order valence-electron chi connectivity index (χ3n) is 1.88. The van der Waals surface area contributed by atoms with E-state index in [4.69, 9.17) is 5.26 Å². The Kier molecular flexibility index (Phi) is 4.58. The molecule has 0 aromatic carbocycles. The molecule has 80 valence electrons. The highest BCUT2D eigenvalue weighted by atomic mass is 15.0. The SMILES string of the molecule is CC(C)NCCNc1ccnc(C#N)c1. The van der Waals surface area contributed by atoms with Gasteiger partial charge in [0, 0.05) is 31.0 Å². The average molecular weight is 204 g/mol. The van der Waals surface area contributed by atoms with E-state index in [0.29, 0.717) is 11.7 Å². The molecule has 1 aromatic heterocycles. The molecule has 0 aliphatic heterocycles. The minimum Gasteiger partial charge on any atom is -0.384 e. The first-order valence-corrected chi connectivity index (χ1v) is 5.06. The Balaban J connectivity index is 2.35. The molecule has 2 N–H and O–H groups in total. The van der Waals surface area contributed by atoms with E-state index in [1.807, 2.05) is 12.1 Å². The van der Waals surface area contributed by atoms with Crippen molar-refractivity contribution in [1.29, 1.82) is 5.26 Å². The van der Waals surface area contributed by atoms with E-state index in [-0.39, 0.29) is 0 Å². The largest absolute Gasteiger partial charge is 0.384 e. The van der Waals surface area contributed by atoms with Gasteiger partial charge in [-0.15, -0.1) is 0 Å². The quantitative estimate of drug-likeness (QED) is 0.711. The summed E-state index contributed by atoms with van der Waals surface area (Å²) < 4.78 is 0. The number of nitriles is 1. The maximum atomic E-state index is 8.65. The van der Waals surface area contributed by atoms with Gasteiger partial charge in [-0.25, -0.2) is 4.98 Å². The molecule has 4 heteroatoms. The topological polar surface area (TPSA) is 60.7 Å². The molecular weight excluding hydrogens is 188 g/mol. The van der Waals surface area contributed by atoms with Gasteiger partial charge >= 0.3 is 0 Å². The predicted molar refractivity (Wildman–Crippen MR) is 60.6 cm³/mol. The molecule has 1 heterocycles. The summed E-state index contributed by atoms with van der Waals surface area (Å²) in [5.74, 6) is 0. The van der Waals surface area contributed by atoms with Crippen LogP contribution in [0.25, 0.3) is 0 Å². The van der Waals surface area contributed by atoms with Gasteiger partial charge in [-0.1, -0.05) is 13.8 Å². The molecule has 0 atom stereocenters. The summed E-state index contributed by atoms with van der Waals surface area (Å²) in [4.78, 5) is 3.90. The fraction of sp³-hybridized carbons (Fsp3) is 0.455. The summed E-state index contributed by atoms with van der Waals surface area (Å²) in [7, 11) is 0. The number of anilines is 1. The van der Waals surface area contributed by atoms with Gasteiger partial charge in [0.25, 0.3) is 0 Å². The van der Waals surface area contributed by atoms with Gasteiger partial charge in [0.2, 0.25) is 0 Å². The number of nitrogens with zero attached hydrogens (tertiary/aromatic N) is 2. The molecule has 0 unspecified atom stereocenters. The van der Waals surface area contributed by atoms with E-state index < -0.39 is 0 Å². The molecule has 0 saturated heterocycles. The van der Waals surface area contributed by atoms with Crippen molar-refractivity contribution in [1.82, 2.24) is 10.3 Å². The lowest BCUT2D eigenvalue weighted by atomic mass is 10.3. The number of aromatic nitrogens is 1. The first-order valence-electron chi connectivity index (χ1n) is 5.06. The molecule has 15 heavy (non-hydrogen) atoms. The highest BCUT2D eigenvalue weighted by molar-refractivity contribution is 5.45. The van der Waals surface area contributed by atoms with Crippen LogP contribution >= 0.6 is 0 Å². The second-order valence-electron chi connectivity index (χ2n) is 3.58. The van der Waals surface area contributed by atoms with Crippen LogP contribution in [-0.2, 0) is 0 Å².